The molecule has 1 aliphatic carbocycles. The molecule has 0 radical (unpaired) electrons. The topological polar surface area (TPSA) is 55.1 Å². The molecule has 2 atom stereocenters. The number of benzene rings is 1. The van der Waals surface area contributed by atoms with Crippen molar-refractivity contribution in [2.45, 2.75) is 43.9 Å². The number of carbonyl (C=O) groups excluding carboxylic acids is 1. The van der Waals surface area contributed by atoms with Crippen LogP contribution in [0.2, 0.25) is 0 Å². The molecule has 0 heterocycles. The van der Waals surface area contributed by atoms with E-state index in [1.165, 1.54) is 5.56 Å². The Morgan fingerprint density at radius 1 is 1.30 bits per heavy atom. The summed E-state index contributed by atoms with van der Waals surface area (Å²) in [5.41, 5.74) is 4.50. The zero-order valence-electron chi connectivity index (χ0n) is 11.1. The summed E-state index contributed by atoms with van der Waals surface area (Å²) in [7, 11) is 0. The molecule has 1 aromatic carbocycles. The van der Waals surface area contributed by atoms with Crippen molar-refractivity contribution in [2.75, 3.05) is 0 Å². The first-order valence-corrected chi connectivity index (χ1v) is 6.45. The minimum atomic E-state index is -4.76. The quantitative estimate of drug-likeness (QED) is 0.873. The van der Waals surface area contributed by atoms with Gasteiger partial charge in [0.1, 0.15) is 0 Å². The average Bonchev–Trinajstić information content (AvgIpc) is 2.37. The Balaban J connectivity index is 2.04. The Hall–Kier alpha value is -1.56. The summed E-state index contributed by atoms with van der Waals surface area (Å²) >= 11 is 0. The van der Waals surface area contributed by atoms with E-state index in [1.807, 2.05) is 24.3 Å². The standard InChI is InChI=1S/C14H17F3N2O/c1-13(18,14(15,16)17)12(20)19-11-7-6-9-4-2-3-5-10(9)8-11/h2-5,11H,6-8,18H2,1H3,(H,19,20). The third-order valence-electron chi connectivity index (χ3n) is 3.74. The Morgan fingerprint density at radius 3 is 2.50 bits per heavy atom. The number of halogens is 3. The molecule has 0 bridgehead atoms. The average molecular weight is 286 g/mol. The second-order valence-corrected chi connectivity index (χ2v) is 5.38. The third-order valence-corrected chi connectivity index (χ3v) is 3.74. The van der Waals surface area contributed by atoms with Crippen molar-refractivity contribution in [2.24, 2.45) is 5.73 Å². The van der Waals surface area contributed by atoms with Crippen molar-refractivity contribution in [3.63, 3.8) is 0 Å². The van der Waals surface area contributed by atoms with E-state index in [0.29, 0.717) is 19.8 Å². The smallest absolute Gasteiger partial charge is 0.351 e. The first-order valence-electron chi connectivity index (χ1n) is 6.45. The Labute approximate surface area is 115 Å². The molecule has 0 saturated heterocycles. The van der Waals surface area contributed by atoms with Crippen LogP contribution in [0.3, 0.4) is 0 Å². The van der Waals surface area contributed by atoms with Crippen molar-refractivity contribution in [3.05, 3.63) is 35.4 Å². The van der Waals surface area contributed by atoms with Crippen LogP contribution in [-0.4, -0.2) is 23.7 Å². The molecule has 1 amide bonds. The highest BCUT2D eigenvalue weighted by atomic mass is 19.4. The molecule has 110 valence electrons. The van der Waals surface area contributed by atoms with Gasteiger partial charge in [0.15, 0.2) is 5.54 Å². The molecular formula is C14H17F3N2O. The molecular weight excluding hydrogens is 269 g/mol. The predicted octanol–water partition coefficient (Wildman–Crippen LogP) is 1.94. The van der Waals surface area contributed by atoms with Gasteiger partial charge in [-0.15, -0.1) is 0 Å². The summed E-state index contributed by atoms with van der Waals surface area (Å²) in [5.74, 6) is -1.17. The number of fused-ring (bicyclic) bond motifs is 1. The molecule has 2 rings (SSSR count). The fourth-order valence-electron chi connectivity index (χ4n) is 2.29. The summed E-state index contributed by atoms with van der Waals surface area (Å²) in [6.07, 6.45) is -2.86. The van der Waals surface area contributed by atoms with Gasteiger partial charge in [-0.25, -0.2) is 0 Å². The molecule has 3 N–H and O–H groups in total. The predicted molar refractivity (Wildman–Crippen MR) is 69.0 cm³/mol. The van der Waals surface area contributed by atoms with Gasteiger partial charge in [0, 0.05) is 6.04 Å². The molecule has 0 aromatic heterocycles. The molecule has 0 aliphatic heterocycles. The highest BCUT2D eigenvalue weighted by Gasteiger charge is 2.54. The van der Waals surface area contributed by atoms with E-state index in [0.717, 1.165) is 12.0 Å². The highest BCUT2D eigenvalue weighted by molar-refractivity contribution is 5.86. The van der Waals surface area contributed by atoms with Gasteiger partial charge in [0.25, 0.3) is 0 Å². The summed E-state index contributed by atoms with van der Waals surface area (Å²) < 4.78 is 38.1. The van der Waals surface area contributed by atoms with Crippen LogP contribution < -0.4 is 11.1 Å². The van der Waals surface area contributed by atoms with Gasteiger partial charge in [-0.1, -0.05) is 24.3 Å². The van der Waals surface area contributed by atoms with Crippen LogP contribution in [0.5, 0.6) is 0 Å². The number of rotatable bonds is 2. The Bertz CT molecular complexity index is 511. The van der Waals surface area contributed by atoms with Crippen LogP contribution in [0.4, 0.5) is 13.2 Å². The second-order valence-electron chi connectivity index (χ2n) is 5.38. The van der Waals surface area contributed by atoms with E-state index in [2.05, 4.69) is 5.32 Å². The van der Waals surface area contributed by atoms with E-state index >= 15 is 0 Å². The lowest BCUT2D eigenvalue weighted by Gasteiger charge is -2.31. The van der Waals surface area contributed by atoms with E-state index in [-0.39, 0.29) is 6.04 Å². The van der Waals surface area contributed by atoms with Gasteiger partial charge in [-0.05, 0) is 37.3 Å². The summed E-state index contributed by atoms with van der Waals surface area (Å²) in [6, 6.07) is 7.43. The van der Waals surface area contributed by atoms with E-state index < -0.39 is 17.6 Å². The highest BCUT2D eigenvalue weighted by Crippen LogP contribution is 2.29. The Kier molecular flexibility index (Phi) is 3.77. The van der Waals surface area contributed by atoms with Crippen LogP contribution in [0, 0.1) is 0 Å². The van der Waals surface area contributed by atoms with Crippen molar-refractivity contribution in [1.82, 2.24) is 5.32 Å². The number of carbonyl (C=O) groups is 1. The molecule has 0 fully saturated rings. The van der Waals surface area contributed by atoms with E-state index in [9.17, 15) is 18.0 Å². The van der Waals surface area contributed by atoms with Crippen LogP contribution in [-0.2, 0) is 17.6 Å². The molecule has 0 spiro atoms. The van der Waals surface area contributed by atoms with Gasteiger partial charge in [-0.3, -0.25) is 4.79 Å². The van der Waals surface area contributed by atoms with Crippen molar-refractivity contribution >= 4 is 5.91 Å². The minimum Gasteiger partial charge on any atom is -0.351 e. The van der Waals surface area contributed by atoms with Crippen LogP contribution in [0.25, 0.3) is 0 Å². The maximum absolute atomic E-state index is 12.7. The molecule has 1 aromatic rings. The van der Waals surface area contributed by atoms with Crippen molar-refractivity contribution < 1.29 is 18.0 Å². The fourth-order valence-corrected chi connectivity index (χ4v) is 2.29. The lowest BCUT2D eigenvalue weighted by atomic mass is 9.88. The van der Waals surface area contributed by atoms with Crippen molar-refractivity contribution in [1.29, 1.82) is 0 Å². The first-order chi connectivity index (χ1) is 9.22. The van der Waals surface area contributed by atoms with E-state index in [4.69, 9.17) is 5.73 Å². The van der Waals surface area contributed by atoms with Crippen molar-refractivity contribution in [3.8, 4) is 0 Å². The molecule has 1 aliphatic rings. The maximum atomic E-state index is 12.7. The van der Waals surface area contributed by atoms with Crippen LogP contribution in [0.1, 0.15) is 24.5 Å². The van der Waals surface area contributed by atoms with Gasteiger partial charge in [0.05, 0.1) is 0 Å². The molecule has 20 heavy (non-hydrogen) atoms. The number of alkyl halides is 3. The van der Waals surface area contributed by atoms with Gasteiger partial charge in [0.2, 0.25) is 5.91 Å². The first kappa shape index (κ1) is 14.8. The SMILES string of the molecule is CC(N)(C(=O)NC1CCc2ccccc2C1)C(F)(F)F. The summed E-state index contributed by atoms with van der Waals surface area (Å²) in [4.78, 5) is 11.7. The number of aryl methyl sites for hydroxylation is 1. The fraction of sp³-hybridized carbons (Fsp3) is 0.500. The van der Waals surface area contributed by atoms with Crippen LogP contribution in [0.15, 0.2) is 24.3 Å². The Morgan fingerprint density at radius 2 is 1.90 bits per heavy atom. The van der Waals surface area contributed by atoms with E-state index in [1.54, 1.807) is 0 Å². The van der Waals surface area contributed by atoms with Gasteiger partial charge in [-0.2, -0.15) is 13.2 Å². The largest absolute Gasteiger partial charge is 0.415 e. The summed E-state index contributed by atoms with van der Waals surface area (Å²) in [5, 5.41) is 2.42. The third kappa shape index (κ3) is 2.80. The number of nitrogens with one attached hydrogen (secondary N) is 1. The normalized spacial score (nSPS) is 21.8. The monoisotopic (exact) mass is 286 g/mol. The van der Waals surface area contributed by atoms with Gasteiger partial charge >= 0.3 is 6.18 Å². The zero-order chi connectivity index (χ0) is 15.0. The lowest BCUT2D eigenvalue weighted by molar-refractivity contribution is -0.187. The molecule has 3 nitrogen and oxygen atoms in total. The number of nitrogens with two attached hydrogens (primary N) is 1. The molecule has 6 heteroatoms. The number of hydrogen-bond acceptors (Lipinski definition) is 2. The minimum absolute atomic E-state index is 0.303. The van der Waals surface area contributed by atoms with Crippen LogP contribution >= 0.6 is 0 Å². The number of hydrogen-bond donors (Lipinski definition) is 2. The second kappa shape index (κ2) is 5.09. The molecule has 0 saturated carbocycles. The maximum Gasteiger partial charge on any atom is 0.415 e. The lowest BCUT2D eigenvalue weighted by Crippen LogP contribution is -2.63. The number of amides is 1. The zero-order valence-corrected chi connectivity index (χ0v) is 11.1. The summed E-state index contributed by atoms with van der Waals surface area (Å²) in [6.45, 7) is 0.694. The molecule has 2 unspecified atom stereocenters. The van der Waals surface area contributed by atoms with Gasteiger partial charge < -0.3 is 11.1 Å².